The lowest BCUT2D eigenvalue weighted by Gasteiger charge is -2.38. The number of nitrogens with one attached hydrogen (secondary N) is 1. The first-order valence-corrected chi connectivity index (χ1v) is 8.55. The van der Waals surface area contributed by atoms with Crippen LogP contribution in [0.5, 0.6) is 0 Å². The predicted molar refractivity (Wildman–Crippen MR) is 89.2 cm³/mol. The van der Waals surface area contributed by atoms with E-state index in [0.717, 1.165) is 13.0 Å². The average Bonchev–Trinajstić information content (AvgIpc) is 2.99. The van der Waals surface area contributed by atoms with Gasteiger partial charge in [0, 0.05) is 48.0 Å². The van der Waals surface area contributed by atoms with Crippen LogP contribution < -0.4 is 5.32 Å². The lowest BCUT2D eigenvalue weighted by molar-refractivity contribution is 0.0930. The molecule has 0 bridgehead atoms. The number of aromatic nitrogens is 1. The van der Waals surface area contributed by atoms with Crippen LogP contribution in [-0.2, 0) is 6.42 Å². The second-order valence-electron chi connectivity index (χ2n) is 5.77. The summed E-state index contributed by atoms with van der Waals surface area (Å²) in [6, 6.07) is 6.65. The maximum atomic E-state index is 12.1. The van der Waals surface area contributed by atoms with E-state index < -0.39 is 0 Å². The minimum atomic E-state index is -0.0310. The molecule has 1 aliphatic heterocycles. The zero-order chi connectivity index (χ0) is 15.5. The Morgan fingerprint density at radius 3 is 2.91 bits per heavy atom. The minimum absolute atomic E-state index is 0.0310. The normalized spacial score (nSPS) is 21.4. The molecule has 0 saturated carbocycles. The van der Waals surface area contributed by atoms with E-state index >= 15 is 0 Å². The van der Waals surface area contributed by atoms with Gasteiger partial charge < -0.3 is 5.32 Å². The Hall–Kier alpha value is -1.72. The van der Waals surface area contributed by atoms with Gasteiger partial charge >= 0.3 is 0 Å². The Morgan fingerprint density at radius 1 is 1.36 bits per heavy atom. The molecule has 2 aromatic rings. The van der Waals surface area contributed by atoms with E-state index in [1.54, 1.807) is 24.5 Å². The molecule has 1 aliphatic rings. The second kappa shape index (κ2) is 6.58. The van der Waals surface area contributed by atoms with Gasteiger partial charge in [0.2, 0.25) is 0 Å². The first-order valence-electron chi connectivity index (χ1n) is 7.67. The molecule has 0 radical (unpaired) electrons. The number of pyridine rings is 1. The highest BCUT2D eigenvalue weighted by Gasteiger charge is 2.29. The summed E-state index contributed by atoms with van der Waals surface area (Å²) in [5.74, 6) is -0.0310. The highest BCUT2D eigenvalue weighted by Crippen LogP contribution is 2.35. The van der Waals surface area contributed by atoms with E-state index in [4.69, 9.17) is 0 Å². The second-order valence-corrected chi connectivity index (χ2v) is 6.72. The van der Waals surface area contributed by atoms with E-state index in [-0.39, 0.29) is 5.91 Å². The van der Waals surface area contributed by atoms with Gasteiger partial charge in [0.25, 0.3) is 5.91 Å². The summed E-state index contributed by atoms with van der Waals surface area (Å²) < 4.78 is 0. The number of fused-ring (bicyclic) bond motifs is 1. The fourth-order valence-corrected chi connectivity index (χ4v) is 4.18. The van der Waals surface area contributed by atoms with Crippen LogP contribution in [0, 0.1) is 0 Å². The number of thiophene rings is 1. The number of amides is 1. The zero-order valence-electron chi connectivity index (χ0n) is 13.0. The van der Waals surface area contributed by atoms with Gasteiger partial charge in [-0.15, -0.1) is 11.3 Å². The Labute approximate surface area is 135 Å². The molecule has 0 aliphatic carbocycles. The van der Waals surface area contributed by atoms with E-state index in [0.29, 0.717) is 24.2 Å². The molecule has 116 valence electrons. The summed E-state index contributed by atoms with van der Waals surface area (Å²) >= 11 is 1.84. The van der Waals surface area contributed by atoms with E-state index in [2.05, 4.69) is 40.5 Å². The lowest BCUT2D eigenvalue weighted by atomic mass is 9.97. The molecule has 2 aromatic heterocycles. The van der Waals surface area contributed by atoms with Gasteiger partial charge in [0.05, 0.1) is 0 Å². The Balaban J connectivity index is 1.57. The van der Waals surface area contributed by atoms with Crippen LogP contribution in [0.1, 0.15) is 40.7 Å². The van der Waals surface area contributed by atoms with Gasteiger partial charge in [-0.1, -0.05) is 0 Å². The molecule has 1 amide bonds. The number of rotatable bonds is 4. The topological polar surface area (TPSA) is 45.2 Å². The molecule has 0 spiro atoms. The fourth-order valence-electron chi connectivity index (χ4n) is 3.17. The number of hydrogen-bond acceptors (Lipinski definition) is 4. The van der Waals surface area contributed by atoms with E-state index in [1.807, 2.05) is 11.3 Å². The molecule has 0 aromatic carbocycles. The average molecular weight is 315 g/mol. The van der Waals surface area contributed by atoms with Gasteiger partial charge in [-0.05, 0) is 49.4 Å². The Kier molecular flexibility index (Phi) is 4.55. The molecule has 1 N–H and O–H groups in total. The Morgan fingerprint density at radius 2 is 2.14 bits per heavy atom. The summed E-state index contributed by atoms with van der Waals surface area (Å²) in [4.78, 5) is 19.9. The standard InChI is InChI=1S/C17H21N3OS/c1-12-11-15-5-10-22-16(15)13(2)20(12)9-8-19-17(21)14-3-6-18-7-4-14/h3-7,10,12-13H,8-9,11H2,1-2H3,(H,19,21)/t12-,13+/m1/s1. The summed E-state index contributed by atoms with van der Waals surface area (Å²) in [5.41, 5.74) is 2.15. The van der Waals surface area contributed by atoms with Gasteiger partial charge in [0.15, 0.2) is 0 Å². The number of hydrogen-bond donors (Lipinski definition) is 1. The number of nitrogens with zero attached hydrogens (tertiary/aromatic N) is 2. The van der Waals surface area contributed by atoms with Crippen LogP contribution in [0.4, 0.5) is 0 Å². The predicted octanol–water partition coefficient (Wildman–Crippen LogP) is 2.88. The van der Waals surface area contributed by atoms with Crippen molar-refractivity contribution in [1.29, 1.82) is 0 Å². The van der Waals surface area contributed by atoms with Gasteiger partial charge in [-0.2, -0.15) is 0 Å². The maximum absolute atomic E-state index is 12.1. The van der Waals surface area contributed by atoms with Crippen LogP contribution in [-0.4, -0.2) is 34.9 Å². The molecule has 3 heterocycles. The maximum Gasteiger partial charge on any atom is 0.251 e. The smallest absolute Gasteiger partial charge is 0.251 e. The van der Waals surface area contributed by atoms with Crippen LogP contribution in [0.25, 0.3) is 0 Å². The van der Waals surface area contributed by atoms with Crippen LogP contribution in [0.15, 0.2) is 36.0 Å². The van der Waals surface area contributed by atoms with Crippen LogP contribution in [0.2, 0.25) is 0 Å². The molecule has 3 rings (SSSR count). The summed E-state index contributed by atoms with van der Waals surface area (Å²) in [6.07, 6.45) is 4.38. The third-order valence-electron chi connectivity index (χ3n) is 4.34. The van der Waals surface area contributed by atoms with Crippen LogP contribution in [0.3, 0.4) is 0 Å². The van der Waals surface area contributed by atoms with Gasteiger partial charge in [-0.3, -0.25) is 14.7 Å². The third kappa shape index (κ3) is 3.05. The van der Waals surface area contributed by atoms with E-state index in [1.165, 1.54) is 10.4 Å². The quantitative estimate of drug-likeness (QED) is 0.943. The highest BCUT2D eigenvalue weighted by atomic mass is 32.1. The summed E-state index contributed by atoms with van der Waals surface area (Å²) in [6.45, 7) is 6.06. The van der Waals surface area contributed by atoms with Crippen molar-refractivity contribution in [2.24, 2.45) is 0 Å². The molecule has 0 fully saturated rings. The van der Waals surface area contributed by atoms with Crippen molar-refractivity contribution < 1.29 is 4.79 Å². The molecule has 2 atom stereocenters. The van der Waals surface area contributed by atoms with Crippen LogP contribution >= 0.6 is 11.3 Å². The van der Waals surface area contributed by atoms with E-state index in [9.17, 15) is 4.79 Å². The largest absolute Gasteiger partial charge is 0.351 e. The van der Waals surface area contributed by atoms with Gasteiger partial charge in [-0.25, -0.2) is 0 Å². The molecule has 22 heavy (non-hydrogen) atoms. The first kappa shape index (κ1) is 15.2. The van der Waals surface area contributed by atoms with Crippen molar-refractivity contribution in [3.8, 4) is 0 Å². The summed E-state index contributed by atoms with van der Waals surface area (Å²) in [7, 11) is 0. The van der Waals surface area contributed by atoms with Crippen molar-refractivity contribution in [3.05, 3.63) is 52.0 Å². The highest BCUT2D eigenvalue weighted by molar-refractivity contribution is 7.10. The zero-order valence-corrected chi connectivity index (χ0v) is 13.8. The molecule has 4 nitrogen and oxygen atoms in total. The van der Waals surface area contributed by atoms with Crippen molar-refractivity contribution in [2.75, 3.05) is 13.1 Å². The fraction of sp³-hybridized carbons (Fsp3) is 0.412. The summed E-state index contributed by atoms with van der Waals surface area (Å²) in [5, 5.41) is 5.18. The number of carbonyl (C=O) groups excluding carboxylic acids is 1. The third-order valence-corrected chi connectivity index (χ3v) is 5.47. The van der Waals surface area contributed by atoms with Crippen molar-refractivity contribution in [2.45, 2.75) is 32.4 Å². The van der Waals surface area contributed by atoms with Crippen molar-refractivity contribution in [1.82, 2.24) is 15.2 Å². The molecule has 0 saturated heterocycles. The number of carbonyl (C=O) groups is 1. The first-order chi connectivity index (χ1) is 10.7. The van der Waals surface area contributed by atoms with Crippen molar-refractivity contribution >= 4 is 17.2 Å². The lowest BCUT2D eigenvalue weighted by Crippen LogP contribution is -2.44. The molecule has 0 unspecified atom stereocenters. The Bertz CT molecular complexity index is 640. The molecule has 5 heteroatoms. The van der Waals surface area contributed by atoms with Gasteiger partial charge in [0.1, 0.15) is 0 Å². The monoisotopic (exact) mass is 315 g/mol. The SMILES string of the molecule is C[C@@H]1Cc2ccsc2[C@H](C)N1CCNC(=O)c1ccncc1. The molecular weight excluding hydrogens is 294 g/mol. The minimum Gasteiger partial charge on any atom is -0.351 e. The molecular formula is C17H21N3OS. The van der Waals surface area contributed by atoms with Crippen molar-refractivity contribution in [3.63, 3.8) is 0 Å².